The molecule has 1 N–H and O–H groups in total. The van der Waals surface area contributed by atoms with E-state index in [0.717, 1.165) is 6.07 Å². The number of rotatable bonds is 3. The lowest BCUT2D eigenvalue weighted by Crippen LogP contribution is -2.17. The Balaban J connectivity index is 2.31. The standard InChI is InChI=1S/C22H16F7N/c1-12-7-18(23)4-3-14(12)9-16-10-17(21(24,25)26)11-19(22(27,28)29)20(16)15-5-6-30-13(2)8-15/h3-8,10-11,30H,2,9H2,1H3. The Morgan fingerprint density at radius 1 is 0.933 bits per heavy atom. The second-order valence-corrected chi connectivity index (χ2v) is 6.90. The molecule has 2 aromatic carbocycles. The minimum atomic E-state index is -5.02. The Morgan fingerprint density at radius 3 is 2.20 bits per heavy atom. The maximum atomic E-state index is 13.8. The molecule has 0 aliphatic carbocycles. The highest BCUT2D eigenvalue weighted by atomic mass is 19.4. The van der Waals surface area contributed by atoms with Crippen LogP contribution in [0.25, 0.3) is 5.57 Å². The van der Waals surface area contributed by atoms with Crippen molar-refractivity contribution in [1.29, 1.82) is 0 Å². The molecule has 0 unspecified atom stereocenters. The molecule has 0 aromatic heterocycles. The Bertz CT molecular complexity index is 1060. The van der Waals surface area contributed by atoms with Crippen LogP contribution in [-0.4, -0.2) is 0 Å². The predicted molar refractivity (Wildman–Crippen MR) is 99.8 cm³/mol. The first-order valence-electron chi connectivity index (χ1n) is 8.76. The van der Waals surface area contributed by atoms with E-state index in [1.807, 2.05) is 0 Å². The van der Waals surface area contributed by atoms with Gasteiger partial charge in [0.05, 0.1) is 11.1 Å². The summed E-state index contributed by atoms with van der Waals surface area (Å²) in [6.45, 7) is 5.18. The molecule has 0 fully saturated rings. The number of nitrogens with one attached hydrogen (secondary N) is 1. The van der Waals surface area contributed by atoms with Gasteiger partial charge in [0.2, 0.25) is 0 Å². The summed E-state index contributed by atoms with van der Waals surface area (Å²) in [5.74, 6) is -0.545. The molecular weight excluding hydrogens is 411 g/mol. The van der Waals surface area contributed by atoms with E-state index in [0.29, 0.717) is 22.9 Å². The van der Waals surface area contributed by atoms with Gasteiger partial charge in [0, 0.05) is 11.9 Å². The van der Waals surface area contributed by atoms with Crippen molar-refractivity contribution in [2.75, 3.05) is 0 Å². The first-order valence-corrected chi connectivity index (χ1v) is 8.76. The summed E-state index contributed by atoms with van der Waals surface area (Å²) < 4.78 is 95.0. The highest BCUT2D eigenvalue weighted by Crippen LogP contribution is 2.42. The summed E-state index contributed by atoms with van der Waals surface area (Å²) in [5, 5.41) is 2.71. The first-order chi connectivity index (χ1) is 13.9. The van der Waals surface area contributed by atoms with E-state index < -0.39 is 29.3 Å². The molecular formula is C22H16F7N. The van der Waals surface area contributed by atoms with E-state index in [1.54, 1.807) is 6.92 Å². The average molecular weight is 427 g/mol. The minimum absolute atomic E-state index is 0.0783. The quantitative estimate of drug-likeness (QED) is 0.533. The first kappa shape index (κ1) is 21.7. The zero-order valence-corrected chi connectivity index (χ0v) is 15.7. The molecule has 2 aromatic rings. The monoisotopic (exact) mass is 427 g/mol. The molecule has 30 heavy (non-hydrogen) atoms. The number of hydrogen-bond donors (Lipinski definition) is 1. The van der Waals surface area contributed by atoms with Gasteiger partial charge in [-0.25, -0.2) is 4.39 Å². The van der Waals surface area contributed by atoms with E-state index in [4.69, 9.17) is 0 Å². The van der Waals surface area contributed by atoms with E-state index in [-0.39, 0.29) is 29.2 Å². The van der Waals surface area contributed by atoms with Gasteiger partial charge in [-0.3, -0.25) is 0 Å². The highest BCUT2D eigenvalue weighted by molar-refractivity contribution is 5.81. The Morgan fingerprint density at radius 2 is 1.63 bits per heavy atom. The fourth-order valence-corrected chi connectivity index (χ4v) is 3.30. The van der Waals surface area contributed by atoms with Crippen LogP contribution >= 0.6 is 0 Å². The van der Waals surface area contributed by atoms with Crippen LogP contribution in [-0.2, 0) is 18.8 Å². The fourth-order valence-electron chi connectivity index (χ4n) is 3.30. The summed E-state index contributed by atoms with van der Waals surface area (Å²) in [7, 11) is 0. The van der Waals surface area contributed by atoms with E-state index in [1.165, 1.54) is 30.5 Å². The zero-order valence-electron chi connectivity index (χ0n) is 15.7. The maximum absolute atomic E-state index is 13.8. The lowest BCUT2D eigenvalue weighted by molar-refractivity contribution is -0.143. The Kier molecular flexibility index (Phi) is 5.54. The Labute approximate surface area is 168 Å². The number of benzene rings is 2. The van der Waals surface area contributed by atoms with Crippen molar-refractivity contribution >= 4 is 5.57 Å². The third-order valence-corrected chi connectivity index (χ3v) is 4.69. The number of dihydropyridines is 1. The number of aryl methyl sites for hydroxylation is 1. The van der Waals surface area contributed by atoms with E-state index in [2.05, 4.69) is 11.9 Å². The van der Waals surface area contributed by atoms with Crippen molar-refractivity contribution in [3.63, 3.8) is 0 Å². The number of hydrogen-bond acceptors (Lipinski definition) is 1. The fraction of sp³-hybridized carbons (Fsp3) is 0.182. The molecule has 0 bridgehead atoms. The van der Waals surface area contributed by atoms with Crippen LogP contribution in [0.1, 0.15) is 33.4 Å². The second kappa shape index (κ2) is 7.66. The van der Waals surface area contributed by atoms with Crippen LogP contribution < -0.4 is 5.32 Å². The smallest absolute Gasteiger partial charge is 0.362 e. The van der Waals surface area contributed by atoms with Crippen molar-refractivity contribution in [3.8, 4) is 0 Å². The molecule has 1 aliphatic rings. The predicted octanol–water partition coefficient (Wildman–Crippen LogP) is 6.78. The van der Waals surface area contributed by atoms with Crippen LogP contribution in [0, 0.1) is 12.7 Å². The molecule has 1 heterocycles. The van der Waals surface area contributed by atoms with Crippen molar-refractivity contribution in [1.82, 2.24) is 5.32 Å². The van der Waals surface area contributed by atoms with Gasteiger partial charge in [0.25, 0.3) is 0 Å². The van der Waals surface area contributed by atoms with Gasteiger partial charge in [0.1, 0.15) is 5.82 Å². The molecule has 0 atom stereocenters. The van der Waals surface area contributed by atoms with Crippen LogP contribution in [0.3, 0.4) is 0 Å². The van der Waals surface area contributed by atoms with E-state index >= 15 is 0 Å². The summed E-state index contributed by atoms with van der Waals surface area (Å²) in [6, 6.07) is 4.49. The summed E-state index contributed by atoms with van der Waals surface area (Å²) in [6.07, 6.45) is -6.19. The normalized spacial score (nSPS) is 14.5. The molecule has 0 saturated heterocycles. The third kappa shape index (κ3) is 4.58. The highest BCUT2D eigenvalue weighted by Gasteiger charge is 2.40. The summed E-state index contributed by atoms with van der Waals surface area (Å²) in [5.41, 5.74) is -2.11. The van der Waals surface area contributed by atoms with Crippen LogP contribution in [0.15, 0.2) is 61.0 Å². The Hall–Kier alpha value is -3.03. The molecule has 0 radical (unpaired) electrons. The van der Waals surface area contributed by atoms with E-state index in [9.17, 15) is 30.7 Å². The van der Waals surface area contributed by atoms with Crippen molar-refractivity contribution < 1.29 is 30.7 Å². The van der Waals surface area contributed by atoms with Gasteiger partial charge >= 0.3 is 12.4 Å². The average Bonchev–Trinajstić information content (AvgIpc) is 2.62. The lowest BCUT2D eigenvalue weighted by atomic mass is 9.86. The van der Waals surface area contributed by atoms with Crippen LogP contribution in [0.4, 0.5) is 30.7 Å². The summed E-state index contributed by atoms with van der Waals surface area (Å²) in [4.78, 5) is 0. The maximum Gasteiger partial charge on any atom is 0.417 e. The third-order valence-electron chi connectivity index (χ3n) is 4.69. The van der Waals surface area contributed by atoms with Gasteiger partial charge in [-0.1, -0.05) is 12.6 Å². The van der Waals surface area contributed by atoms with Crippen molar-refractivity contribution in [3.05, 3.63) is 100 Å². The molecule has 1 nitrogen and oxygen atoms in total. The number of alkyl halides is 6. The van der Waals surface area contributed by atoms with Gasteiger partial charge in [-0.05, 0) is 77.6 Å². The SMILES string of the molecule is C=C1C=C(c2c(Cc3ccc(F)cc3C)cc(C(F)(F)F)cc2C(F)(F)F)C=CN1. The minimum Gasteiger partial charge on any atom is -0.362 e. The summed E-state index contributed by atoms with van der Waals surface area (Å²) >= 11 is 0. The molecule has 1 aliphatic heterocycles. The topological polar surface area (TPSA) is 12.0 Å². The molecule has 0 amide bonds. The molecule has 0 spiro atoms. The largest absolute Gasteiger partial charge is 0.417 e. The zero-order chi connectivity index (χ0) is 22.3. The lowest BCUT2D eigenvalue weighted by Gasteiger charge is -2.23. The van der Waals surface area contributed by atoms with Crippen LogP contribution in [0.2, 0.25) is 0 Å². The second-order valence-electron chi connectivity index (χ2n) is 6.90. The van der Waals surface area contributed by atoms with Gasteiger partial charge in [-0.15, -0.1) is 0 Å². The van der Waals surface area contributed by atoms with Gasteiger partial charge < -0.3 is 5.32 Å². The molecule has 3 rings (SSSR count). The molecule has 0 saturated carbocycles. The molecule has 8 heteroatoms. The van der Waals surface area contributed by atoms with Gasteiger partial charge in [-0.2, -0.15) is 26.3 Å². The number of allylic oxidation sites excluding steroid dienone is 3. The van der Waals surface area contributed by atoms with Crippen LogP contribution in [0.5, 0.6) is 0 Å². The number of halogens is 7. The van der Waals surface area contributed by atoms with Crippen molar-refractivity contribution in [2.45, 2.75) is 25.7 Å². The van der Waals surface area contributed by atoms with Crippen molar-refractivity contribution in [2.24, 2.45) is 0 Å². The van der Waals surface area contributed by atoms with Gasteiger partial charge in [0.15, 0.2) is 0 Å². The molecule has 158 valence electrons.